The van der Waals surface area contributed by atoms with Crippen LogP contribution < -0.4 is 10.6 Å². The molecule has 0 saturated carbocycles. The number of nitrogens with two attached hydrogens (primary N) is 1. The second-order valence-electron chi connectivity index (χ2n) is 4.92. The van der Waals surface area contributed by atoms with Gasteiger partial charge >= 0.3 is 0 Å². The van der Waals surface area contributed by atoms with Crippen molar-refractivity contribution in [2.24, 2.45) is 5.92 Å². The highest BCUT2D eigenvalue weighted by Gasteiger charge is 2.30. The van der Waals surface area contributed by atoms with Gasteiger partial charge in [0.25, 0.3) is 0 Å². The second-order valence-corrected chi connectivity index (χ2v) is 6.11. The van der Waals surface area contributed by atoms with Crippen LogP contribution in [-0.2, 0) is 9.59 Å². The van der Waals surface area contributed by atoms with Gasteiger partial charge in [-0.05, 0) is 30.5 Å². The summed E-state index contributed by atoms with van der Waals surface area (Å²) in [5.74, 6) is 1.06. The van der Waals surface area contributed by atoms with Gasteiger partial charge in [0.15, 0.2) is 5.12 Å². The Balaban J connectivity index is 2.07. The summed E-state index contributed by atoms with van der Waals surface area (Å²) >= 11 is 1.29. The first-order valence-electron chi connectivity index (χ1n) is 6.27. The molecule has 19 heavy (non-hydrogen) atoms. The summed E-state index contributed by atoms with van der Waals surface area (Å²) in [5.41, 5.74) is 8.44. The molecular formula is C14H18N2O2S. The van der Waals surface area contributed by atoms with E-state index in [4.69, 9.17) is 5.73 Å². The molecule has 1 aliphatic heterocycles. The molecule has 1 unspecified atom stereocenters. The first-order valence-corrected chi connectivity index (χ1v) is 7.26. The lowest BCUT2D eigenvalue weighted by Crippen LogP contribution is -2.24. The fourth-order valence-corrected chi connectivity index (χ4v) is 2.87. The zero-order valence-corrected chi connectivity index (χ0v) is 12.0. The van der Waals surface area contributed by atoms with Gasteiger partial charge in [0, 0.05) is 37.0 Å². The number of hydrogen-bond donors (Lipinski definition) is 1. The van der Waals surface area contributed by atoms with Gasteiger partial charge in [0.05, 0.1) is 0 Å². The van der Waals surface area contributed by atoms with Gasteiger partial charge in [-0.1, -0.05) is 17.8 Å². The van der Waals surface area contributed by atoms with Crippen molar-refractivity contribution in [1.82, 2.24) is 0 Å². The van der Waals surface area contributed by atoms with E-state index in [-0.39, 0.29) is 16.9 Å². The number of thioether (sulfide) groups is 1. The summed E-state index contributed by atoms with van der Waals surface area (Å²) in [5, 5.41) is 0.102. The molecule has 1 amide bonds. The Kier molecular flexibility index (Phi) is 4.14. The van der Waals surface area contributed by atoms with Crippen molar-refractivity contribution in [2.45, 2.75) is 20.3 Å². The highest BCUT2D eigenvalue weighted by molar-refractivity contribution is 8.13. The SMILES string of the molecule is CC(=O)SCC1CC(=O)N(c2ccc(C)c(N)c2)C1. The number of aryl methyl sites for hydroxylation is 1. The highest BCUT2D eigenvalue weighted by Crippen LogP contribution is 2.29. The summed E-state index contributed by atoms with van der Waals surface area (Å²) < 4.78 is 0. The molecule has 4 nitrogen and oxygen atoms in total. The van der Waals surface area contributed by atoms with Crippen molar-refractivity contribution in [1.29, 1.82) is 0 Å². The summed E-state index contributed by atoms with van der Waals surface area (Å²) in [6.45, 7) is 4.17. The molecule has 1 saturated heterocycles. The van der Waals surface area contributed by atoms with Crippen molar-refractivity contribution in [3.8, 4) is 0 Å². The van der Waals surface area contributed by atoms with E-state index in [2.05, 4.69) is 0 Å². The number of nitrogens with zero attached hydrogens (tertiary/aromatic N) is 1. The van der Waals surface area contributed by atoms with Crippen molar-refractivity contribution in [3.63, 3.8) is 0 Å². The van der Waals surface area contributed by atoms with Crippen LogP contribution in [0.2, 0.25) is 0 Å². The van der Waals surface area contributed by atoms with E-state index in [1.165, 1.54) is 11.8 Å². The molecule has 1 aromatic rings. The van der Waals surface area contributed by atoms with Crippen molar-refractivity contribution >= 4 is 34.2 Å². The Morgan fingerprint density at radius 3 is 2.89 bits per heavy atom. The van der Waals surface area contributed by atoms with E-state index in [9.17, 15) is 9.59 Å². The normalized spacial score (nSPS) is 18.9. The zero-order valence-electron chi connectivity index (χ0n) is 11.2. The van der Waals surface area contributed by atoms with E-state index < -0.39 is 0 Å². The van der Waals surface area contributed by atoms with Gasteiger partial charge in [-0.2, -0.15) is 0 Å². The van der Waals surface area contributed by atoms with Crippen LogP contribution in [0.15, 0.2) is 18.2 Å². The standard InChI is InChI=1S/C14H18N2O2S/c1-9-3-4-12(6-13(9)15)16-7-11(5-14(16)18)8-19-10(2)17/h3-4,6,11H,5,7-8,15H2,1-2H3. The Morgan fingerprint density at radius 2 is 2.26 bits per heavy atom. The third kappa shape index (κ3) is 3.29. The molecule has 0 radical (unpaired) electrons. The van der Waals surface area contributed by atoms with Gasteiger partial charge in [-0.25, -0.2) is 0 Å². The fourth-order valence-electron chi connectivity index (χ4n) is 2.17. The number of carbonyl (C=O) groups is 2. The predicted octanol–water partition coefficient (Wildman–Crippen LogP) is 2.21. The molecule has 5 heteroatoms. The number of nitrogen functional groups attached to an aromatic ring is 1. The van der Waals surface area contributed by atoms with E-state index in [0.29, 0.717) is 24.4 Å². The molecule has 2 N–H and O–H groups in total. The van der Waals surface area contributed by atoms with Crippen molar-refractivity contribution in [2.75, 3.05) is 22.9 Å². The van der Waals surface area contributed by atoms with E-state index >= 15 is 0 Å². The topological polar surface area (TPSA) is 63.4 Å². The first-order chi connectivity index (χ1) is 8.97. The monoisotopic (exact) mass is 278 g/mol. The molecule has 1 heterocycles. The van der Waals surface area contributed by atoms with Crippen LogP contribution in [0.3, 0.4) is 0 Å². The molecule has 1 fully saturated rings. The third-order valence-corrected chi connectivity index (χ3v) is 4.35. The molecule has 1 aliphatic rings. The molecule has 1 aromatic carbocycles. The van der Waals surface area contributed by atoms with Crippen LogP contribution in [0.5, 0.6) is 0 Å². The minimum atomic E-state index is 0.102. The maximum atomic E-state index is 12.0. The summed E-state index contributed by atoms with van der Waals surface area (Å²) in [4.78, 5) is 24.7. The second kappa shape index (κ2) is 5.65. The van der Waals surface area contributed by atoms with Gasteiger partial charge in [-0.15, -0.1) is 0 Å². The smallest absolute Gasteiger partial charge is 0.227 e. The first kappa shape index (κ1) is 13.9. The molecule has 0 bridgehead atoms. The number of benzene rings is 1. The third-order valence-electron chi connectivity index (χ3n) is 3.30. The Labute approximate surface area is 117 Å². The number of amides is 1. The summed E-state index contributed by atoms with van der Waals surface area (Å²) in [6, 6.07) is 5.69. The quantitative estimate of drug-likeness (QED) is 0.861. The Hall–Kier alpha value is -1.49. The van der Waals surface area contributed by atoms with Crippen LogP contribution >= 0.6 is 11.8 Å². The lowest BCUT2D eigenvalue weighted by Gasteiger charge is -2.17. The van der Waals surface area contributed by atoms with E-state index in [0.717, 1.165) is 11.3 Å². The molecule has 102 valence electrons. The van der Waals surface area contributed by atoms with Gasteiger partial charge in [-0.3, -0.25) is 9.59 Å². The largest absolute Gasteiger partial charge is 0.398 e. The van der Waals surface area contributed by atoms with Gasteiger partial charge in [0.2, 0.25) is 5.91 Å². The van der Waals surface area contributed by atoms with Crippen molar-refractivity contribution < 1.29 is 9.59 Å². The molecule has 2 rings (SSSR count). The number of rotatable bonds is 3. The molecule has 1 atom stereocenters. The number of anilines is 2. The van der Waals surface area contributed by atoms with E-state index in [1.807, 2.05) is 25.1 Å². The fraction of sp³-hybridized carbons (Fsp3) is 0.429. The lowest BCUT2D eigenvalue weighted by atomic mass is 10.1. The molecule has 0 aromatic heterocycles. The zero-order chi connectivity index (χ0) is 14.0. The van der Waals surface area contributed by atoms with Gasteiger partial charge < -0.3 is 10.6 Å². The maximum absolute atomic E-state index is 12.0. The summed E-state index contributed by atoms with van der Waals surface area (Å²) in [6.07, 6.45) is 0.508. The average molecular weight is 278 g/mol. The predicted molar refractivity (Wildman–Crippen MR) is 79.2 cm³/mol. The Bertz CT molecular complexity index is 516. The maximum Gasteiger partial charge on any atom is 0.227 e. The Morgan fingerprint density at radius 1 is 1.53 bits per heavy atom. The van der Waals surface area contributed by atoms with Crippen LogP contribution in [0.1, 0.15) is 18.9 Å². The molecule has 0 aliphatic carbocycles. The van der Waals surface area contributed by atoms with Crippen LogP contribution in [0.4, 0.5) is 11.4 Å². The number of carbonyl (C=O) groups excluding carboxylic acids is 2. The van der Waals surface area contributed by atoms with E-state index in [1.54, 1.807) is 11.8 Å². The average Bonchev–Trinajstić information content (AvgIpc) is 2.72. The highest BCUT2D eigenvalue weighted by atomic mass is 32.2. The minimum absolute atomic E-state index is 0.102. The lowest BCUT2D eigenvalue weighted by molar-refractivity contribution is -0.117. The summed E-state index contributed by atoms with van der Waals surface area (Å²) in [7, 11) is 0. The van der Waals surface area contributed by atoms with Crippen LogP contribution in [0, 0.1) is 12.8 Å². The molecule has 0 spiro atoms. The van der Waals surface area contributed by atoms with Gasteiger partial charge in [0.1, 0.15) is 0 Å². The number of hydrogen-bond acceptors (Lipinski definition) is 4. The van der Waals surface area contributed by atoms with Crippen LogP contribution in [0.25, 0.3) is 0 Å². The molecular weight excluding hydrogens is 260 g/mol. The van der Waals surface area contributed by atoms with Crippen LogP contribution in [-0.4, -0.2) is 23.3 Å². The minimum Gasteiger partial charge on any atom is -0.398 e. The van der Waals surface area contributed by atoms with Crippen molar-refractivity contribution in [3.05, 3.63) is 23.8 Å².